The monoisotopic (exact) mass is 336 g/mol. The van der Waals surface area contributed by atoms with Gasteiger partial charge in [-0.05, 0) is 39.3 Å². The predicted octanol–water partition coefficient (Wildman–Crippen LogP) is 3.89. The molecule has 1 N–H and O–H groups in total. The average Bonchev–Trinajstić information content (AvgIpc) is 3.05. The summed E-state index contributed by atoms with van der Waals surface area (Å²) < 4.78 is 1.86. The molecule has 0 radical (unpaired) electrons. The fourth-order valence-corrected chi connectivity index (χ4v) is 2.49. The number of aromatic nitrogens is 5. The number of nitrogens with one attached hydrogen (secondary N) is 1. The largest absolute Gasteiger partial charge is 0.350 e. The van der Waals surface area contributed by atoms with Crippen molar-refractivity contribution in [1.29, 1.82) is 0 Å². The Morgan fingerprint density at radius 2 is 1.80 bits per heavy atom. The van der Waals surface area contributed by atoms with Gasteiger partial charge in [-0.1, -0.05) is 13.3 Å². The summed E-state index contributed by atoms with van der Waals surface area (Å²) in [7, 11) is 0. The lowest BCUT2D eigenvalue weighted by atomic mass is 10.1. The Morgan fingerprint density at radius 3 is 2.48 bits per heavy atom. The number of nitrogens with zero attached hydrogens (tertiary/aromatic N) is 5. The first-order chi connectivity index (χ1) is 11.9. The van der Waals surface area contributed by atoms with Gasteiger partial charge in [0.15, 0.2) is 0 Å². The molecule has 25 heavy (non-hydrogen) atoms. The van der Waals surface area contributed by atoms with Gasteiger partial charge in [-0.2, -0.15) is 5.10 Å². The van der Waals surface area contributed by atoms with Gasteiger partial charge in [0.05, 0.1) is 11.9 Å². The lowest BCUT2D eigenvalue weighted by molar-refractivity contribution is 0.626. The van der Waals surface area contributed by atoms with E-state index >= 15 is 0 Å². The van der Waals surface area contributed by atoms with E-state index in [0.29, 0.717) is 5.95 Å². The molecule has 3 aromatic heterocycles. The van der Waals surface area contributed by atoms with Crippen LogP contribution in [0.5, 0.6) is 0 Å². The second-order valence-corrected chi connectivity index (χ2v) is 7.10. The van der Waals surface area contributed by atoms with Crippen molar-refractivity contribution in [2.75, 3.05) is 5.32 Å². The number of pyridine rings is 1. The lowest BCUT2D eigenvalue weighted by Crippen LogP contribution is -2.27. The van der Waals surface area contributed by atoms with Crippen LogP contribution < -0.4 is 5.32 Å². The molecule has 3 aromatic rings. The van der Waals surface area contributed by atoms with Gasteiger partial charge in [0.1, 0.15) is 0 Å². The summed E-state index contributed by atoms with van der Waals surface area (Å²) in [5.41, 5.74) is 3.95. The molecule has 3 rings (SSSR count). The maximum absolute atomic E-state index is 4.46. The Labute approximate surface area is 148 Å². The van der Waals surface area contributed by atoms with Crippen LogP contribution in [-0.4, -0.2) is 30.3 Å². The van der Waals surface area contributed by atoms with Gasteiger partial charge in [-0.25, -0.2) is 14.6 Å². The first-order valence-electron chi connectivity index (χ1n) is 8.55. The van der Waals surface area contributed by atoms with E-state index < -0.39 is 0 Å². The molecule has 6 heteroatoms. The first kappa shape index (κ1) is 17.1. The van der Waals surface area contributed by atoms with Crippen molar-refractivity contribution in [3.8, 4) is 16.8 Å². The Bertz CT molecular complexity index is 830. The summed E-state index contributed by atoms with van der Waals surface area (Å²) in [4.78, 5) is 13.2. The maximum atomic E-state index is 4.46. The van der Waals surface area contributed by atoms with E-state index in [1.165, 1.54) is 0 Å². The minimum atomic E-state index is -0.0655. The molecule has 130 valence electrons. The predicted molar refractivity (Wildman–Crippen MR) is 99.8 cm³/mol. The van der Waals surface area contributed by atoms with Crippen LogP contribution in [0.1, 0.15) is 39.8 Å². The number of hydrogen-bond acceptors (Lipinski definition) is 5. The topological polar surface area (TPSA) is 68.5 Å². The fourth-order valence-electron chi connectivity index (χ4n) is 2.49. The van der Waals surface area contributed by atoms with Crippen molar-refractivity contribution in [1.82, 2.24) is 24.7 Å². The molecule has 3 heterocycles. The van der Waals surface area contributed by atoms with Gasteiger partial charge in [0.2, 0.25) is 5.95 Å². The molecule has 0 spiro atoms. The van der Waals surface area contributed by atoms with Crippen LogP contribution in [0.3, 0.4) is 0 Å². The molecular formula is C19H24N6. The Kier molecular flexibility index (Phi) is 4.79. The molecular weight excluding hydrogens is 312 g/mol. The third kappa shape index (κ3) is 4.41. The normalized spacial score (nSPS) is 11.5. The fraction of sp³-hybridized carbons (Fsp3) is 0.368. The van der Waals surface area contributed by atoms with E-state index in [0.717, 1.165) is 35.3 Å². The van der Waals surface area contributed by atoms with Gasteiger partial charge in [-0.3, -0.25) is 4.98 Å². The molecule has 0 atom stereocenters. The summed E-state index contributed by atoms with van der Waals surface area (Å²) >= 11 is 0. The van der Waals surface area contributed by atoms with Crippen molar-refractivity contribution in [2.45, 2.75) is 46.1 Å². The molecule has 0 bridgehead atoms. The van der Waals surface area contributed by atoms with Crippen LogP contribution in [0.15, 0.2) is 43.1 Å². The van der Waals surface area contributed by atoms with Crippen LogP contribution in [0, 0.1) is 0 Å². The van der Waals surface area contributed by atoms with E-state index in [-0.39, 0.29) is 5.54 Å². The Morgan fingerprint density at radius 1 is 1.04 bits per heavy atom. The first-order valence-corrected chi connectivity index (χ1v) is 8.55. The second-order valence-electron chi connectivity index (χ2n) is 7.10. The zero-order valence-electron chi connectivity index (χ0n) is 15.2. The molecule has 0 fully saturated rings. The zero-order chi connectivity index (χ0) is 17.9. The summed E-state index contributed by atoms with van der Waals surface area (Å²) in [5, 5.41) is 7.72. The third-order valence-electron chi connectivity index (χ3n) is 3.63. The molecule has 0 amide bonds. The Balaban J connectivity index is 1.80. The third-order valence-corrected chi connectivity index (χ3v) is 3.63. The van der Waals surface area contributed by atoms with Crippen LogP contribution in [-0.2, 0) is 6.42 Å². The second kappa shape index (κ2) is 7.01. The minimum Gasteiger partial charge on any atom is -0.350 e. The summed E-state index contributed by atoms with van der Waals surface area (Å²) in [5.74, 6) is 0.627. The van der Waals surface area contributed by atoms with E-state index in [9.17, 15) is 0 Å². The molecule has 0 unspecified atom stereocenters. The number of aryl methyl sites for hydroxylation is 1. The molecule has 0 aliphatic carbocycles. The lowest BCUT2D eigenvalue weighted by Gasteiger charge is -2.20. The van der Waals surface area contributed by atoms with Gasteiger partial charge in [0.25, 0.3) is 0 Å². The molecule has 0 aromatic carbocycles. The van der Waals surface area contributed by atoms with Crippen molar-refractivity contribution in [3.63, 3.8) is 0 Å². The molecule has 6 nitrogen and oxygen atoms in total. The average molecular weight is 336 g/mol. The van der Waals surface area contributed by atoms with Crippen LogP contribution in [0.2, 0.25) is 0 Å². The summed E-state index contributed by atoms with van der Waals surface area (Å²) in [6.45, 7) is 8.39. The minimum absolute atomic E-state index is 0.0655. The SMILES string of the molecule is CCCc1cc(-n2cc(-c3cnc(NC(C)(C)C)nc3)cn2)ccn1. The van der Waals surface area contributed by atoms with E-state index in [2.05, 4.69) is 59.1 Å². The molecule has 0 aliphatic heterocycles. The highest BCUT2D eigenvalue weighted by Crippen LogP contribution is 2.20. The maximum Gasteiger partial charge on any atom is 0.223 e. The van der Waals surface area contributed by atoms with Crippen molar-refractivity contribution in [2.24, 2.45) is 0 Å². The van der Waals surface area contributed by atoms with E-state index in [4.69, 9.17) is 0 Å². The van der Waals surface area contributed by atoms with Gasteiger partial charge >= 0.3 is 0 Å². The molecule has 0 saturated carbocycles. The number of anilines is 1. The highest BCUT2D eigenvalue weighted by molar-refractivity contribution is 5.60. The summed E-state index contributed by atoms with van der Waals surface area (Å²) in [6, 6.07) is 4.04. The van der Waals surface area contributed by atoms with Crippen molar-refractivity contribution < 1.29 is 0 Å². The standard InChI is InChI=1S/C19H24N6/c1-5-6-16-9-17(7-8-20-16)25-13-15(12-23-25)14-10-21-18(22-11-14)24-19(2,3)4/h7-13H,5-6H2,1-4H3,(H,21,22,24). The van der Waals surface area contributed by atoms with Gasteiger partial charge < -0.3 is 5.32 Å². The number of hydrogen-bond donors (Lipinski definition) is 1. The van der Waals surface area contributed by atoms with Gasteiger partial charge in [-0.15, -0.1) is 0 Å². The quantitative estimate of drug-likeness (QED) is 0.765. The van der Waals surface area contributed by atoms with Crippen molar-refractivity contribution >= 4 is 5.95 Å². The Hall–Kier alpha value is -2.76. The van der Waals surface area contributed by atoms with Crippen LogP contribution in [0.4, 0.5) is 5.95 Å². The van der Waals surface area contributed by atoms with E-state index in [1.807, 2.05) is 41.7 Å². The van der Waals surface area contributed by atoms with Crippen molar-refractivity contribution in [3.05, 3.63) is 48.8 Å². The number of rotatable bonds is 5. The molecule has 0 aliphatic rings. The summed E-state index contributed by atoms with van der Waals surface area (Å²) in [6.07, 6.45) is 11.3. The van der Waals surface area contributed by atoms with Crippen LogP contribution >= 0.6 is 0 Å². The highest BCUT2D eigenvalue weighted by Gasteiger charge is 2.11. The van der Waals surface area contributed by atoms with Crippen LogP contribution in [0.25, 0.3) is 16.8 Å². The smallest absolute Gasteiger partial charge is 0.223 e. The van der Waals surface area contributed by atoms with E-state index in [1.54, 1.807) is 0 Å². The highest BCUT2D eigenvalue weighted by atomic mass is 15.3. The van der Waals surface area contributed by atoms with Gasteiger partial charge in [0, 0.05) is 47.1 Å². The molecule has 0 saturated heterocycles. The zero-order valence-corrected chi connectivity index (χ0v) is 15.2.